The van der Waals surface area contributed by atoms with E-state index in [4.69, 9.17) is 18.0 Å². The molecule has 1 aromatic heterocycles. The van der Waals surface area contributed by atoms with Crippen molar-refractivity contribution in [2.24, 2.45) is 5.73 Å². The Bertz CT molecular complexity index is 461. The molecular weight excluding hydrogens is 264 g/mol. The highest BCUT2D eigenvalue weighted by molar-refractivity contribution is 7.80. The van der Waals surface area contributed by atoms with Crippen molar-refractivity contribution in [3.8, 4) is 0 Å². The number of carbonyl (C=O) groups is 1. The second-order valence-electron chi connectivity index (χ2n) is 4.73. The van der Waals surface area contributed by atoms with Gasteiger partial charge in [-0.2, -0.15) is 0 Å². The van der Waals surface area contributed by atoms with Crippen LogP contribution in [-0.2, 0) is 6.42 Å². The molecule has 0 saturated heterocycles. The van der Waals surface area contributed by atoms with Crippen LogP contribution in [-0.4, -0.2) is 16.4 Å². The summed E-state index contributed by atoms with van der Waals surface area (Å²) in [7, 11) is 0. The van der Waals surface area contributed by atoms with Crippen molar-refractivity contribution < 1.29 is 4.79 Å². The lowest BCUT2D eigenvalue weighted by molar-refractivity contribution is 0.0928. The van der Waals surface area contributed by atoms with Gasteiger partial charge in [0.15, 0.2) is 0 Å². The molecule has 0 unspecified atom stereocenters. The molecule has 0 radical (unpaired) electrons. The normalized spacial score (nSPS) is 17.6. The average molecular weight is 282 g/mol. The Morgan fingerprint density at radius 1 is 1.50 bits per heavy atom. The Morgan fingerprint density at radius 2 is 2.17 bits per heavy atom. The molecule has 1 heterocycles. The van der Waals surface area contributed by atoms with Crippen LogP contribution in [0.15, 0.2) is 12.1 Å². The minimum Gasteiger partial charge on any atom is -0.391 e. The van der Waals surface area contributed by atoms with Crippen molar-refractivity contribution in [1.29, 1.82) is 0 Å². The van der Waals surface area contributed by atoms with E-state index < -0.39 is 5.54 Å². The summed E-state index contributed by atoms with van der Waals surface area (Å²) < 4.78 is 0. The first kappa shape index (κ1) is 13.5. The lowest BCUT2D eigenvalue weighted by Gasteiger charge is -2.28. The summed E-state index contributed by atoms with van der Waals surface area (Å²) in [5.41, 5.74) is 5.36. The van der Waals surface area contributed by atoms with E-state index in [-0.39, 0.29) is 5.91 Å². The lowest BCUT2D eigenvalue weighted by atomic mass is 9.97. The molecule has 0 aromatic carbocycles. The topological polar surface area (TPSA) is 55.1 Å². The van der Waals surface area contributed by atoms with Crippen LogP contribution in [0.5, 0.6) is 0 Å². The fourth-order valence-corrected chi connectivity index (χ4v) is 3.48. The summed E-state index contributed by atoms with van der Waals surface area (Å²) in [4.78, 5) is 14.6. The van der Waals surface area contributed by atoms with E-state index in [2.05, 4.69) is 12.2 Å². The zero-order valence-corrected chi connectivity index (χ0v) is 12.1. The van der Waals surface area contributed by atoms with E-state index in [0.29, 0.717) is 4.99 Å². The molecule has 0 bridgehead atoms. The number of thiophene rings is 1. The molecular formula is C13H18N2OS2. The van der Waals surface area contributed by atoms with Crippen LogP contribution < -0.4 is 11.1 Å². The number of hydrogen-bond acceptors (Lipinski definition) is 3. The van der Waals surface area contributed by atoms with E-state index in [1.54, 1.807) is 0 Å². The van der Waals surface area contributed by atoms with Gasteiger partial charge in [-0.15, -0.1) is 11.3 Å². The van der Waals surface area contributed by atoms with Crippen LogP contribution in [0.3, 0.4) is 0 Å². The van der Waals surface area contributed by atoms with Gasteiger partial charge in [-0.3, -0.25) is 4.79 Å². The summed E-state index contributed by atoms with van der Waals surface area (Å²) >= 11 is 6.67. The van der Waals surface area contributed by atoms with Gasteiger partial charge in [-0.05, 0) is 31.4 Å². The number of rotatable bonds is 4. The number of carbonyl (C=O) groups excluding carboxylic acids is 1. The minimum absolute atomic E-state index is 0.0469. The molecule has 3 N–H and O–H groups in total. The second-order valence-corrected chi connectivity index (χ2v) is 6.34. The Morgan fingerprint density at radius 3 is 2.67 bits per heavy atom. The number of amides is 1. The molecule has 0 atom stereocenters. The molecule has 1 aromatic rings. The molecule has 1 aliphatic rings. The van der Waals surface area contributed by atoms with Crippen molar-refractivity contribution in [3.05, 3.63) is 21.9 Å². The van der Waals surface area contributed by atoms with Crippen molar-refractivity contribution in [2.45, 2.75) is 44.6 Å². The summed E-state index contributed by atoms with van der Waals surface area (Å²) in [5, 5.41) is 3.05. The average Bonchev–Trinajstić information content (AvgIpc) is 2.97. The summed E-state index contributed by atoms with van der Waals surface area (Å²) in [6.45, 7) is 2.08. The molecule has 1 amide bonds. The fraction of sp³-hybridized carbons (Fsp3) is 0.538. The highest BCUT2D eigenvalue weighted by atomic mass is 32.1. The number of thiocarbonyl (C=S) groups is 1. The Hall–Kier alpha value is -0.940. The number of aryl methyl sites for hydroxylation is 1. The molecule has 3 nitrogen and oxygen atoms in total. The molecule has 2 rings (SSSR count). The van der Waals surface area contributed by atoms with Crippen LogP contribution >= 0.6 is 23.6 Å². The molecule has 1 aliphatic carbocycles. The quantitative estimate of drug-likeness (QED) is 0.835. The molecule has 0 spiro atoms. The predicted molar refractivity (Wildman–Crippen MR) is 79.1 cm³/mol. The van der Waals surface area contributed by atoms with Crippen LogP contribution in [0.25, 0.3) is 0 Å². The Labute approximate surface area is 117 Å². The Balaban J connectivity index is 2.12. The van der Waals surface area contributed by atoms with Crippen LogP contribution in [0, 0.1) is 0 Å². The van der Waals surface area contributed by atoms with E-state index in [1.165, 1.54) is 16.2 Å². The van der Waals surface area contributed by atoms with E-state index >= 15 is 0 Å². The molecule has 0 aliphatic heterocycles. The molecule has 18 heavy (non-hydrogen) atoms. The molecule has 1 fully saturated rings. The van der Waals surface area contributed by atoms with Crippen molar-refractivity contribution in [3.63, 3.8) is 0 Å². The van der Waals surface area contributed by atoms with Gasteiger partial charge in [0.1, 0.15) is 0 Å². The van der Waals surface area contributed by atoms with Gasteiger partial charge in [0.25, 0.3) is 5.91 Å². The SMILES string of the molecule is CCc1ccc(C(=O)NC2(C(N)=S)CCCC2)s1. The number of hydrogen-bond donors (Lipinski definition) is 2. The summed E-state index contributed by atoms with van der Waals surface area (Å²) in [5.74, 6) is -0.0469. The number of nitrogens with two attached hydrogens (primary N) is 1. The Kier molecular flexibility index (Phi) is 4.02. The third kappa shape index (κ3) is 2.57. The lowest BCUT2D eigenvalue weighted by Crippen LogP contribution is -2.54. The first-order valence-corrected chi connectivity index (χ1v) is 7.51. The van der Waals surface area contributed by atoms with Gasteiger partial charge in [0, 0.05) is 4.88 Å². The second kappa shape index (κ2) is 5.36. The molecule has 1 saturated carbocycles. The zero-order valence-electron chi connectivity index (χ0n) is 10.5. The van der Waals surface area contributed by atoms with Crippen LogP contribution in [0.1, 0.15) is 47.2 Å². The van der Waals surface area contributed by atoms with Gasteiger partial charge < -0.3 is 11.1 Å². The first-order chi connectivity index (χ1) is 8.57. The maximum atomic E-state index is 12.2. The maximum Gasteiger partial charge on any atom is 0.262 e. The van der Waals surface area contributed by atoms with Crippen molar-refractivity contribution in [2.75, 3.05) is 0 Å². The fourth-order valence-electron chi connectivity index (χ4n) is 2.38. The van der Waals surface area contributed by atoms with Crippen LogP contribution in [0.2, 0.25) is 0 Å². The van der Waals surface area contributed by atoms with Crippen molar-refractivity contribution >= 4 is 34.5 Å². The standard InChI is InChI=1S/C13H18N2OS2/c1-2-9-5-6-10(18-9)11(16)15-13(12(14)17)7-3-4-8-13/h5-6H,2-4,7-8H2,1H3,(H2,14,17)(H,15,16). The third-order valence-electron chi connectivity index (χ3n) is 3.52. The minimum atomic E-state index is -0.456. The van der Waals surface area contributed by atoms with Gasteiger partial charge in [-0.25, -0.2) is 0 Å². The zero-order chi connectivity index (χ0) is 13.2. The highest BCUT2D eigenvalue weighted by Crippen LogP contribution is 2.30. The van der Waals surface area contributed by atoms with Gasteiger partial charge in [0.05, 0.1) is 15.4 Å². The number of nitrogens with one attached hydrogen (secondary N) is 1. The smallest absolute Gasteiger partial charge is 0.262 e. The van der Waals surface area contributed by atoms with Crippen molar-refractivity contribution in [1.82, 2.24) is 5.32 Å². The first-order valence-electron chi connectivity index (χ1n) is 6.28. The van der Waals surface area contributed by atoms with E-state index in [0.717, 1.165) is 37.0 Å². The highest BCUT2D eigenvalue weighted by Gasteiger charge is 2.38. The maximum absolute atomic E-state index is 12.2. The summed E-state index contributed by atoms with van der Waals surface area (Å²) in [6.07, 6.45) is 4.82. The summed E-state index contributed by atoms with van der Waals surface area (Å²) in [6, 6.07) is 3.88. The van der Waals surface area contributed by atoms with Gasteiger partial charge in [0.2, 0.25) is 0 Å². The van der Waals surface area contributed by atoms with Crippen LogP contribution in [0.4, 0.5) is 0 Å². The molecule has 5 heteroatoms. The van der Waals surface area contributed by atoms with E-state index in [9.17, 15) is 4.79 Å². The molecule has 98 valence electrons. The monoisotopic (exact) mass is 282 g/mol. The van der Waals surface area contributed by atoms with E-state index in [1.807, 2.05) is 12.1 Å². The predicted octanol–water partition coefficient (Wildman–Crippen LogP) is 2.64. The van der Waals surface area contributed by atoms with Gasteiger partial charge in [-0.1, -0.05) is 32.0 Å². The van der Waals surface area contributed by atoms with Gasteiger partial charge >= 0.3 is 0 Å². The third-order valence-corrected chi connectivity index (χ3v) is 5.13. The largest absolute Gasteiger partial charge is 0.391 e.